The molecule has 3 nitrogen and oxygen atoms in total. The second-order valence-corrected chi connectivity index (χ2v) is 6.18. The van der Waals surface area contributed by atoms with Gasteiger partial charge in [-0.1, -0.05) is 0 Å². The Morgan fingerprint density at radius 1 is 1.20 bits per heavy atom. The Morgan fingerprint density at radius 3 is 2.85 bits per heavy atom. The summed E-state index contributed by atoms with van der Waals surface area (Å²) in [6.45, 7) is 0. The van der Waals surface area contributed by atoms with Gasteiger partial charge in [0.1, 0.15) is 0 Å². The van der Waals surface area contributed by atoms with Crippen molar-refractivity contribution >= 4 is 15.0 Å². The molecule has 0 radical (unpaired) electrons. The van der Waals surface area contributed by atoms with Crippen LogP contribution in [0, 0.1) is 10.2 Å². The molecule has 0 amide bonds. The van der Waals surface area contributed by atoms with Crippen LogP contribution in [0.4, 0.5) is 0 Å². The molecule has 0 bridgehead atoms. The van der Waals surface area contributed by atoms with Crippen molar-refractivity contribution in [3.8, 4) is 22.2 Å². The van der Waals surface area contributed by atoms with E-state index in [4.69, 9.17) is 14.7 Å². The molecule has 1 unspecified atom stereocenters. The van der Waals surface area contributed by atoms with Crippen LogP contribution < -0.4 is 9.47 Å². The van der Waals surface area contributed by atoms with Crippen molar-refractivity contribution in [3.05, 3.63) is 54.1 Å². The molecule has 2 aromatic rings. The first-order chi connectivity index (χ1) is 9.86. The Balaban J connectivity index is 1.79. The first-order valence-corrected chi connectivity index (χ1v) is 8.46. The minimum absolute atomic E-state index is 0.00679. The number of fused-ring (bicyclic) bond motifs is 1. The van der Waals surface area contributed by atoms with Crippen LogP contribution in [0.3, 0.4) is 0 Å². The Kier molecular flexibility index (Phi) is 3.92. The second-order valence-electron chi connectivity index (χ2n) is 4.49. The average molecular weight is 330 g/mol. The molecule has 4 heteroatoms. The molecule has 1 aliphatic rings. The van der Waals surface area contributed by atoms with Crippen molar-refractivity contribution in [2.45, 2.75) is 17.8 Å². The van der Waals surface area contributed by atoms with Gasteiger partial charge in [-0.25, -0.2) is 0 Å². The fourth-order valence-corrected chi connectivity index (χ4v) is 3.18. The van der Waals surface area contributed by atoms with Crippen LogP contribution in [-0.2, 0) is 6.42 Å². The predicted octanol–water partition coefficient (Wildman–Crippen LogP) is 3.39. The van der Waals surface area contributed by atoms with Gasteiger partial charge in [0.15, 0.2) is 0 Å². The molecule has 1 atom stereocenters. The number of para-hydroxylation sites is 1. The molecular weight excluding hydrogens is 317 g/mol. The third-order valence-corrected chi connectivity index (χ3v) is 4.52. The summed E-state index contributed by atoms with van der Waals surface area (Å²) in [5.41, 5.74) is 1.11. The molecule has 0 saturated heterocycles. The van der Waals surface area contributed by atoms with Crippen molar-refractivity contribution < 1.29 is 9.47 Å². The van der Waals surface area contributed by atoms with Crippen LogP contribution in [0.2, 0.25) is 5.32 Å². The number of nitrogens with zero attached hydrogens (tertiary/aromatic N) is 1. The molecule has 1 heterocycles. The first-order valence-electron chi connectivity index (χ1n) is 6.39. The molecule has 0 aliphatic carbocycles. The summed E-state index contributed by atoms with van der Waals surface area (Å²) in [5, 5.41) is 9.51. The van der Waals surface area contributed by atoms with Gasteiger partial charge in [-0.2, -0.15) is 0 Å². The molecule has 2 aromatic carbocycles. The Labute approximate surface area is 124 Å². The average Bonchev–Trinajstić information content (AvgIpc) is 2.90. The van der Waals surface area contributed by atoms with Crippen LogP contribution in [-0.4, -0.2) is 21.1 Å². The van der Waals surface area contributed by atoms with Crippen molar-refractivity contribution in [1.82, 2.24) is 0 Å². The van der Waals surface area contributed by atoms with E-state index in [1.807, 2.05) is 48.5 Å². The fourth-order valence-electron chi connectivity index (χ4n) is 2.24. The molecule has 0 N–H and O–H groups in total. The summed E-state index contributed by atoms with van der Waals surface area (Å²) in [6.07, 6.45) is 0.937. The zero-order chi connectivity index (χ0) is 13.8. The predicted molar refractivity (Wildman–Crippen MR) is 77.3 cm³/mol. The Bertz CT molecular complexity index is 637. The van der Waals surface area contributed by atoms with E-state index in [-0.39, 0.29) is 21.1 Å². The molecule has 0 aromatic heterocycles. The summed E-state index contributed by atoms with van der Waals surface area (Å²) in [4.78, 5) is 2.23. The molecule has 100 valence electrons. The molecule has 0 spiro atoms. The van der Waals surface area contributed by atoms with Crippen LogP contribution >= 0.6 is 0 Å². The van der Waals surface area contributed by atoms with Gasteiger partial charge in [-0.3, -0.25) is 0 Å². The quantitative estimate of drug-likeness (QED) is 0.807. The topological polar surface area (TPSA) is 42.2 Å². The zero-order valence-electron chi connectivity index (χ0n) is 10.8. The Morgan fingerprint density at radius 2 is 2.05 bits per heavy atom. The number of hydrogen-bond acceptors (Lipinski definition) is 3. The van der Waals surface area contributed by atoms with Crippen molar-refractivity contribution in [2.24, 2.45) is 0 Å². The standard InChI is InChI=1S/C16H13NO2Se/c17-11-20-10-13-9-14-15(7-4-8-16(14)19-13)18-12-5-2-1-3-6-12/h1-8,13H,9-10H2. The summed E-state index contributed by atoms with van der Waals surface area (Å²) in [7, 11) is 0. The van der Waals surface area contributed by atoms with Gasteiger partial charge >= 0.3 is 124 Å². The summed E-state index contributed by atoms with van der Waals surface area (Å²) in [5.74, 6) is 2.56. The Hall–Kier alpha value is -1.95. The maximum atomic E-state index is 8.69. The second kappa shape index (κ2) is 6.00. The van der Waals surface area contributed by atoms with Gasteiger partial charge in [0, 0.05) is 0 Å². The molecule has 0 saturated carbocycles. The summed E-state index contributed by atoms with van der Waals surface area (Å²) in [6, 6.07) is 15.6. The SMILES string of the molecule is N#C[Se]CC1Cc2c(Oc3ccccc3)cccc2O1. The van der Waals surface area contributed by atoms with E-state index in [0.717, 1.165) is 34.6 Å². The van der Waals surface area contributed by atoms with Gasteiger partial charge in [0.2, 0.25) is 0 Å². The molecule has 3 rings (SSSR count). The molecule has 1 aliphatic heterocycles. The third-order valence-electron chi connectivity index (χ3n) is 3.12. The number of hydrogen-bond donors (Lipinski definition) is 0. The van der Waals surface area contributed by atoms with Gasteiger partial charge < -0.3 is 0 Å². The monoisotopic (exact) mass is 331 g/mol. The van der Waals surface area contributed by atoms with E-state index < -0.39 is 0 Å². The van der Waals surface area contributed by atoms with Gasteiger partial charge in [0.05, 0.1) is 0 Å². The van der Waals surface area contributed by atoms with E-state index in [1.54, 1.807) is 0 Å². The van der Waals surface area contributed by atoms with E-state index in [0.29, 0.717) is 0 Å². The van der Waals surface area contributed by atoms with Crippen molar-refractivity contribution in [2.75, 3.05) is 0 Å². The first kappa shape index (κ1) is 13.1. The molecular formula is C16H13NO2Se. The van der Waals surface area contributed by atoms with Crippen LogP contribution in [0.5, 0.6) is 17.2 Å². The molecule has 20 heavy (non-hydrogen) atoms. The normalized spacial score (nSPS) is 16.1. The number of nitriles is 1. The molecule has 0 fully saturated rings. The van der Waals surface area contributed by atoms with Gasteiger partial charge in [0.25, 0.3) is 0 Å². The summed E-state index contributed by atoms with van der Waals surface area (Å²) < 4.78 is 11.8. The zero-order valence-corrected chi connectivity index (χ0v) is 12.5. The van der Waals surface area contributed by atoms with Gasteiger partial charge in [-0.05, 0) is 0 Å². The van der Waals surface area contributed by atoms with E-state index in [2.05, 4.69) is 4.97 Å². The van der Waals surface area contributed by atoms with Crippen LogP contribution in [0.15, 0.2) is 48.5 Å². The summed E-state index contributed by atoms with van der Waals surface area (Å²) >= 11 is -0.00679. The van der Waals surface area contributed by atoms with E-state index >= 15 is 0 Å². The fraction of sp³-hybridized carbons (Fsp3) is 0.188. The van der Waals surface area contributed by atoms with Crippen LogP contribution in [0.1, 0.15) is 5.56 Å². The number of rotatable bonds is 4. The van der Waals surface area contributed by atoms with Gasteiger partial charge in [-0.15, -0.1) is 0 Å². The number of benzene rings is 2. The van der Waals surface area contributed by atoms with Crippen molar-refractivity contribution in [1.29, 1.82) is 5.26 Å². The number of ether oxygens (including phenoxy) is 2. The minimum atomic E-state index is -0.00679. The van der Waals surface area contributed by atoms with Crippen LogP contribution in [0.25, 0.3) is 0 Å². The maximum absolute atomic E-state index is 8.69. The van der Waals surface area contributed by atoms with E-state index in [1.165, 1.54) is 0 Å². The van der Waals surface area contributed by atoms with Crippen molar-refractivity contribution in [3.63, 3.8) is 0 Å². The third kappa shape index (κ3) is 2.80. The van der Waals surface area contributed by atoms with E-state index in [9.17, 15) is 0 Å².